The van der Waals surface area contributed by atoms with Crippen LogP contribution in [0.15, 0.2) is 6.33 Å². The molecule has 92 valence electrons. The van der Waals surface area contributed by atoms with Gasteiger partial charge in [0.05, 0.1) is 0 Å². The molecule has 7 heteroatoms. The molecule has 0 aliphatic heterocycles. The molecule has 2 aromatic rings. The summed E-state index contributed by atoms with van der Waals surface area (Å²) in [5.41, 5.74) is 0. The van der Waals surface area contributed by atoms with Crippen LogP contribution >= 0.6 is 11.5 Å². The van der Waals surface area contributed by atoms with Crippen molar-refractivity contribution in [3.63, 3.8) is 0 Å². The molecule has 2 aromatic heterocycles. The van der Waals surface area contributed by atoms with Gasteiger partial charge in [0.1, 0.15) is 18.0 Å². The van der Waals surface area contributed by atoms with Gasteiger partial charge in [-0.05, 0) is 12.8 Å². The van der Waals surface area contributed by atoms with E-state index in [-0.39, 0.29) is 0 Å². The topological polar surface area (TPSA) is 79.4 Å². The minimum absolute atomic E-state index is 0.876. The lowest BCUT2D eigenvalue weighted by molar-refractivity contribution is 0.803. The molecule has 2 N–H and O–H groups in total. The van der Waals surface area contributed by atoms with Gasteiger partial charge in [0.2, 0.25) is 5.13 Å². The summed E-state index contributed by atoms with van der Waals surface area (Å²) in [5.74, 6) is 1.87. The van der Waals surface area contributed by atoms with Crippen LogP contribution in [0.5, 0.6) is 0 Å². The third-order valence-corrected chi connectivity index (χ3v) is 2.98. The van der Waals surface area contributed by atoms with Crippen LogP contribution in [0.2, 0.25) is 0 Å². The summed E-state index contributed by atoms with van der Waals surface area (Å²) in [5, 5.41) is 10.8. The lowest BCUT2D eigenvalue weighted by atomic mass is 10.3. The number of aromatic nitrogens is 5. The van der Waals surface area contributed by atoms with Crippen molar-refractivity contribution in [3.8, 4) is 0 Å². The van der Waals surface area contributed by atoms with Crippen molar-refractivity contribution in [2.24, 2.45) is 0 Å². The lowest BCUT2D eigenvalue weighted by Gasteiger charge is -1.99. The Kier molecular flexibility index (Phi) is 4.43. The molecule has 0 fully saturated rings. The third-order valence-electron chi connectivity index (χ3n) is 2.27. The summed E-state index contributed by atoms with van der Waals surface area (Å²) in [6.07, 6.45) is 5.47. The van der Waals surface area contributed by atoms with Crippen molar-refractivity contribution in [1.29, 1.82) is 0 Å². The third kappa shape index (κ3) is 3.77. The van der Waals surface area contributed by atoms with Crippen LogP contribution in [0.25, 0.3) is 0 Å². The first kappa shape index (κ1) is 12.0. The maximum absolute atomic E-state index is 4.40. The van der Waals surface area contributed by atoms with Crippen LogP contribution in [0, 0.1) is 0 Å². The predicted molar refractivity (Wildman–Crippen MR) is 67.1 cm³/mol. The van der Waals surface area contributed by atoms with E-state index in [9.17, 15) is 0 Å². The Balaban J connectivity index is 1.67. The first-order valence-electron chi connectivity index (χ1n) is 5.79. The van der Waals surface area contributed by atoms with Crippen molar-refractivity contribution in [3.05, 3.63) is 18.0 Å². The van der Waals surface area contributed by atoms with Gasteiger partial charge in [0.25, 0.3) is 0 Å². The van der Waals surface area contributed by atoms with E-state index < -0.39 is 0 Å². The summed E-state index contributed by atoms with van der Waals surface area (Å²) in [7, 11) is 0. The van der Waals surface area contributed by atoms with Crippen molar-refractivity contribution >= 4 is 16.7 Å². The van der Waals surface area contributed by atoms with Crippen LogP contribution in [-0.4, -0.2) is 31.1 Å². The molecule has 0 saturated carbocycles. The molecule has 2 heterocycles. The fraction of sp³-hybridized carbons (Fsp3) is 0.600. The summed E-state index contributed by atoms with van der Waals surface area (Å²) >= 11 is 1.43. The Morgan fingerprint density at radius 1 is 1.41 bits per heavy atom. The highest BCUT2D eigenvalue weighted by Crippen LogP contribution is 2.11. The van der Waals surface area contributed by atoms with Gasteiger partial charge in [-0.1, -0.05) is 6.92 Å². The van der Waals surface area contributed by atoms with Crippen molar-refractivity contribution in [1.82, 2.24) is 24.5 Å². The van der Waals surface area contributed by atoms with Crippen LogP contribution in [0.1, 0.15) is 31.4 Å². The van der Waals surface area contributed by atoms with Crippen LogP contribution in [-0.2, 0) is 12.8 Å². The van der Waals surface area contributed by atoms with E-state index in [0.29, 0.717) is 0 Å². The van der Waals surface area contributed by atoms with Gasteiger partial charge in [-0.3, -0.25) is 5.10 Å². The summed E-state index contributed by atoms with van der Waals surface area (Å²) in [6.45, 7) is 3.01. The van der Waals surface area contributed by atoms with E-state index in [2.05, 4.69) is 36.8 Å². The lowest BCUT2D eigenvalue weighted by Crippen LogP contribution is -2.03. The van der Waals surface area contributed by atoms with Gasteiger partial charge >= 0.3 is 0 Å². The van der Waals surface area contributed by atoms with Gasteiger partial charge in [-0.2, -0.15) is 9.47 Å². The van der Waals surface area contributed by atoms with Crippen LogP contribution < -0.4 is 5.32 Å². The Hall–Kier alpha value is -1.50. The molecule has 17 heavy (non-hydrogen) atoms. The summed E-state index contributed by atoms with van der Waals surface area (Å²) in [4.78, 5) is 8.46. The number of nitrogens with zero attached hydrogens (tertiary/aromatic N) is 4. The van der Waals surface area contributed by atoms with Crippen LogP contribution in [0.3, 0.4) is 0 Å². The molecule has 0 atom stereocenters. The predicted octanol–water partition coefficient (Wildman–Crippen LogP) is 1.65. The fourth-order valence-corrected chi connectivity index (χ4v) is 2.09. The first-order chi connectivity index (χ1) is 8.38. The maximum atomic E-state index is 4.40. The molecule has 0 aliphatic carbocycles. The second kappa shape index (κ2) is 6.29. The molecule has 0 unspecified atom stereocenters. The molecule has 0 saturated heterocycles. The van der Waals surface area contributed by atoms with Gasteiger partial charge in [-0.15, -0.1) is 0 Å². The van der Waals surface area contributed by atoms with E-state index in [1.165, 1.54) is 17.9 Å². The van der Waals surface area contributed by atoms with E-state index in [1.54, 1.807) is 0 Å². The Bertz CT molecular complexity index is 424. The number of anilines is 1. The van der Waals surface area contributed by atoms with Gasteiger partial charge < -0.3 is 5.32 Å². The van der Waals surface area contributed by atoms with Crippen LogP contribution in [0.4, 0.5) is 5.13 Å². The van der Waals surface area contributed by atoms with E-state index in [4.69, 9.17) is 0 Å². The minimum Gasteiger partial charge on any atom is -0.360 e. The van der Waals surface area contributed by atoms with Crippen molar-refractivity contribution < 1.29 is 0 Å². The average Bonchev–Trinajstić information content (AvgIpc) is 2.96. The molecule has 0 radical (unpaired) electrons. The molecule has 0 bridgehead atoms. The smallest absolute Gasteiger partial charge is 0.202 e. The maximum Gasteiger partial charge on any atom is 0.202 e. The molecule has 0 amide bonds. The monoisotopic (exact) mass is 252 g/mol. The Labute approximate surface area is 104 Å². The normalized spacial score (nSPS) is 10.6. The number of hydrogen-bond donors (Lipinski definition) is 2. The van der Waals surface area contributed by atoms with Crippen molar-refractivity contribution in [2.75, 3.05) is 11.9 Å². The standard InChI is InChI=1S/C10H16N6S/c1-2-4-9-14-10(17-16-9)11-6-3-5-8-12-7-13-15-8/h7H,2-6H2,1H3,(H,11,14,16)(H,12,13,15). The molecular formula is C10H16N6S. The van der Waals surface area contributed by atoms with E-state index >= 15 is 0 Å². The zero-order valence-electron chi connectivity index (χ0n) is 9.81. The highest BCUT2D eigenvalue weighted by Gasteiger charge is 2.02. The summed E-state index contributed by atoms with van der Waals surface area (Å²) < 4.78 is 4.27. The number of rotatable bonds is 7. The minimum atomic E-state index is 0.876. The van der Waals surface area contributed by atoms with Gasteiger partial charge in [0, 0.05) is 30.9 Å². The number of aromatic amines is 1. The Morgan fingerprint density at radius 3 is 3.12 bits per heavy atom. The van der Waals surface area contributed by atoms with E-state index in [0.717, 1.165) is 49.0 Å². The first-order valence-corrected chi connectivity index (χ1v) is 6.56. The molecule has 0 aliphatic rings. The number of nitrogens with one attached hydrogen (secondary N) is 2. The number of H-pyrrole nitrogens is 1. The Morgan fingerprint density at radius 2 is 2.35 bits per heavy atom. The van der Waals surface area contributed by atoms with Gasteiger partial charge in [0.15, 0.2) is 0 Å². The van der Waals surface area contributed by atoms with Gasteiger partial charge in [-0.25, -0.2) is 9.97 Å². The highest BCUT2D eigenvalue weighted by atomic mass is 32.1. The highest BCUT2D eigenvalue weighted by molar-refractivity contribution is 7.09. The number of aryl methyl sites for hydroxylation is 2. The zero-order valence-corrected chi connectivity index (χ0v) is 10.6. The van der Waals surface area contributed by atoms with Crippen molar-refractivity contribution in [2.45, 2.75) is 32.6 Å². The largest absolute Gasteiger partial charge is 0.360 e. The quantitative estimate of drug-likeness (QED) is 0.732. The second-order valence-electron chi connectivity index (χ2n) is 3.73. The second-order valence-corrected chi connectivity index (χ2v) is 4.48. The zero-order chi connectivity index (χ0) is 11.9. The molecule has 0 aromatic carbocycles. The average molecular weight is 252 g/mol. The SMILES string of the molecule is CCCc1nsc(NCCCc2ncn[nH]2)n1. The fourth-order valence-electron chi connectivity index (χ4n) is 1.45. The number of hydrogen-bond acceptors (Lipinski definition) is 6. The molecule has 2 rings (SSSR count). The molecular weight excluding hydrogens is 236 g/mol. The summed E-state index contributed by atoms with van der Waals surface area (Å²) in [6, 6.07) is 0. The molecule has 6 nitrogen and oxygen atoms in total. The molecule has 0 spiro atoms. The van der Waals surface area contributed by atoms with E-state index in [1.807, 2.05) is 0 Å².